The molecule has 0 radical (unpaired) electrons. The molecule has 118 valence electrons. The number of carboxylic acid groups (broad SMARTS) is 1. The maximum absolute atomic E-state index is 12.1. The molecule has 0 saturated carbocycles. The van der Waals surface area contributed by atoms with E-state index in [9.17, 15) is 9.59 Å². The molecule has 5 heteroatoms. The Labute approximate surface area is 133 Å². The Kier molecular flexibility index (Phi) is 4.28. The number of fused-ring (bicyclic) bond motifs is 1. The zero-order valence-electron chi connectivity index (χ0n) is 12.5. The molecular weight excluding hydrogens is 294 g/mol. The van der Waals surface area contributed by atoms with Gasteiger partial charge in [-0.3, -0.25) is 4.79 Å². The van der Waals surface area contributed by atoms with Gasteiger partial charge in [-0.25, -0.2) is 4.79 Å². The number of aromatic carboxylic acids is 1. The number of aryl methyl sites for hydroxylation is 1. The van der Waals surface area contributed by atoms with Crippen molar-refractivity contribution in [3.63, 3.8) is 0 Å². The molecule has 1 atom stereocenters. The first-order valence-electron chi connectivity index (χ1n) is 7.47. The zero-order valence-corrected chi connectivity index (χ0v) is 12.5. The monoisotopic (exact) mass is 311 g/mol. The van der Waals surface area contributed by atoms with Crippen molar-refractivity contribution in [2.24, 2.45) is 0 Å². The molecule has 1 aliphatic heterocycles. The van der Waals surface area contributed by atoms with E-state index in [1.807, 2.05) is 24.3 Å². The number of para-hydroxylation sites is 1. The predicted molar refractivity (Wildman–Crippen MR) is 84.5 cm³/mol. The van der Waals surface area contributed by atoms with E-state index in [0.29, 0.717) is 19.4 Å². The second-order valence-corrected chi connectivity index (χ2v) is 5.47. The Morgan fingerprint density at radius 3 is 2.61 bits per heavy atom. The SMILES string of the molecule is O=C(CCc1ccc(C(=O)O)cc1)NC1COc2ccccc21. The van der Waals surface area contributed by atoms with Crippen molar-refractivity contribution in [2.75, 3.05) is 6.61 Å². The summed E-state index contributed by atoms with van der Waals surface area (Å²) in [6, 6.07) is 14.2. The Hall–Kier alpha value is -2.82. The fraction of sp³-hybridized carbons (Fsp3) is 0.222. The van der Waals surface area contributed by atoms with Crippen LogP contribution >= 0.6 is 0 Å². The largest absolute Gasteiger partial charge is 0.491 e. The van der Waals surface area contributed by atoms with Gasteiger partial charge in [0.2, 0.25) is 5.91 Å². The van der Waals surface area contributed by atoms with Crippen molar-refractivity contribution in [2.45, 2.75) is 18.9 Å². The molecule has 0 spiro atoms. The van der Waals surface area contributed by atoms with Crippen molar-refractivity contribution in [1.82, 2.24) is 5.32 Å². The molecule has 3 rings (SSSR count). The van der Waals surface area contributed by atoms with Gasteiger partial charge < -0.3 is 15.2 Å². The van der Waals surface area contributed by atoms with E-state index in [1.165, 1.54) is 0 Å². The summed E-state index contributed by atoms with van der Waals surface area (Å²) in [5, 5.41) is 11.8. The second kappa shape index (κ2) is 6.52. The van der Waals surface area contributed by atoms with E-state index in [1.54, 1.807) is 24.3 Å². The molecule has 23 heavy (non-hydrogen) atoms. The van der Waals surface area contributed by atoms with Gasteiger partial charge in [0.15, 0.2) is 0 Å². The Bertz CT molecular complexity index is 724. The zero-order chi connectivity index (χ0) is 16.2. The van der Waals surface area contributed by atoms with Gasteiger partial charge in [-0.1, -0.05) is 30.3 Å². The van der Waals surface area contributed by atoms with Crippen LogP contribution in [0.3, 0.4) is 0 Å². The van der Waals surface area contributed by atoms with E-state index >= 15 is 0 Å². The number of carbonyl (C=O) groups excluding carboxylic acids is 1. The summed E-state index contributed by atoms with van der Waals surface area (Å²) in [5.41, 5.74) is 2.19. The Morgan fingerprint density at radius 2 is 1.87 bits per heavy atom. The topological polar surface area (TPSA) is 75.6 Å². The molecule has 0 bridgehead atoms. The smallest absolute Gasteiger partial charge is 0.335 e. The predicted octanol–water partition coefficient (Wildman–Crippen LogP) is 2.57. The van der Waals surface area contributed by atoms with Gasteiger partial charge in [0, 0.05) is 12.0 Å². The van der Waals surface area contributed by atoms with E-state index in [0.717, 1.165) is 16.9 Å². The number of benzene rings is 2. The first-order chi connectivity index (χ1) is 11.1. The van der Waals surface area contributed by atoms with Crippen molar-refractivity contribution in [3.8, 4) is 5.75 Å². The Morgan fingerprint density at radius 1 is 1.13 bits per heavy atom. The first kappa shape index (κ1) is 15.1. The molecular formula is C18H17NO4. The van der Waals surface area contributed by atoms with Crippen molar-refractivity contribution in [1.29, 1.82) is 0 Å². The molecule has 2 aromatic rings. The first-order valence-corrected chi connectivity index (χ1v) is 7.47. The number of hydrogen-bond donors (Lipinski definition) is 2. The molecule has 0 saturated heterocycles. The van der Waals surface area contributed by atoms with Crippen molar-refractivity contribution >= 4 is 11.9 Å². The van der Waals surface area contributed by atoms with E-state index in [2.05, 4.69) is 5.32 Å². The summed E-state index contributed by atoms with van der Waals surface area (Å²) >= 11 is 0. The highest BCUT2D eigenvalue weighted by Crippen LogP contribution is 2.31. The minimum absolute atomic E-state index is 0.0439. The maximum atomic E-state index is 12.1. The highest BCUT2D eigenvalue weighted by Gasteiger charge is 2.24. The number of rotatable bonds is 5. The summed E-state index contributed by atoms with van der Waals surface area (Å²) < 4.78 is 5.54. The van der Waals surface area contributed by atoms with Gasteiger partial charge >= 0.3 is 5.97 Å². The summed E-state index contributed by atoms with van der Waals surface area (Å²) in [4.78, 5) is 22.9. The van der Waals surface area contributed by atoms with Crippen molar-refractivity contribution < 1.29 is 19.4 Å². The molecule has 1 amide bonds. The van der Waals surface area contributed by atoms with Crippen LogP contribution in [0.2, 0.25) is 0 Å². The third kappa shape index (κ3) is 3.51. The lowest BCUT2D eigenvalue weighted by molar-refractivity contribution is -0.121. The summed E-state index contributed by atoms with van der Waals surface area (Å²) in [6.07, 6.45) is 0.923. The number of nitrogens with one attached hydrogen (secondary N) is 1. The lowest BCUT2D eigenvalue weighted by atomic mass is 10.1. The average Bonchev–Trinajstić information content (AvgIpc) is 2.96. The van der Waals surface area contributed by atoms with Crippen LogP contribution in [-0.2, 0) is 11.2 Å². The second-order valence-electron chi connectivity index (χ2n) is 5.47. The number of ether oxygens (including phenoxy) is 1. The van der Waals surface area contributed by atoms with E-state index < -0.39 is 5.97 Å². The fourth-order valence-corrected chi connectivity index (χ4v) is 2.62. The van der Waals surface area contributed by atoms with Crippen LogP contribution in [0.1, 0.15) is 33.9 Å². The van der Waals surface area contributed by atoms with Crippen molar-refractivity contribution in [3.05, 3.63) is 65.2 Å². The van der Waals surface area contributed by atoms with Gasteiger partial charge in [-0.2, -0.15) is 0 Å². The molecule has 2 aromatic carbocycles. The van der Waals surface area contributed by atoms with Crippen LogP contribution in [0.5, 0.6) is 5.75 Å². The highest BCUT2D eigenvalue weighted by atomic mass is 16.5. The number of hydrogen-bond acceptors (Lipinski definition) is 3. The van der Waals surface area contributed by atoms with Gasteiger partial charge in [0.25, 0.3) is 0 Å². The van der Waals surface area contributed by atoms with Gasteiger partial charge in [-0.15, -0.1) is 0 Å². The fourth-order valence-electron chi connectivity index (χ4n) is 2.62. The minimum atomic E-state index is -0.950. The number of amides is 1. The molecule has 0 aliphatic carbocycles. The van der Waals surface area contributed by atoms with Gasteiger partial charge in [-0.05, 0) is 30.2 Å². The lowest BCUT2D eigenvalue weighted by Gasteiger charge is -2.11. The summed E-state index contributed by atoms with van der Waals surface area (Å²) in [5.74, 6) is -0.172. The third-order valence-electron chi connectivity index (χ3n) is 3.88. The van der Waals surface area contributed by atoms with Crippen LogP contribution in [-0.4, -0.2) is 23.6 Å². The normalized spacial score (nSPS) is 15.6. The van der Waals surface area contributed by atoms with Crippen LogP contribution < -0.4 is 10.1 Å². The third-order valence-corrected chi connectivity index (χ3v) is 3.88. The quantitative estimate of drug-likeness (QED) is 0.890. The number of carbonyl (C=O) groups is 2. The standard InChI is InChI=1S/C18H17NO4/c20-17(10-7-12-5-8-13(9-6-12)18(21)22)19-15-11-23-16-4-2-1-3-14(15)16/h1-6,8-9,15H,7,10-11H2,(H,19,20)(H,21,22). The molecule has 5 nitrogen and oxygen atoms in total. The molecule has 1 heterocycles. The van der Waals surface area contributed by atoms with Gasteiger partial charge in [0.05, 0.1) is 11.6 Å². The van der Waals surface area contributed by atoms with E-state index in [4.69, 9.17) is 9.84 Å². The summed E-state index contributed by atoms with van der Waals surface area (Å²) in [7, 11) is 0. The molecule has 1 unspecified atom stereocenters. The number of carboxylic acids is 1. The molecule has 0 fully saturated rings. The average molecular weight is 311 g/mol. The van der Waals surface area contributed by atoms with Crippen LogP contribution in [0.4, 0.5) is 0 Å². The van der Waals surface area contributed by atoms with Gasteiger partial charge in [0.1, 0.15) is 12.4 Å². The highest BCUT2D eigenvalue weighted by molar-refractivity contribution is 5.87. The van der Waals surface area contributed by atoms with E-state index in [-0.39, 0.29) is 17.5 Å². The summed E-state index contributed by atoms with van der Waals surface area (Å²) in [6.45, 7) is 0.457. The minimum Gasteiger partial charge on any atom is -0.491 e. The lowest BCUT2D eigenvalue weighted by Crippen LogP contribution is -2.29. The van der Waals surface area contributed by atoms with Crippen LogP contribution in [0.25, 0.3) is 0 Å². The van der Waals surface area contributed by atoms with Crippen LogP contribution in [0, 0.1) is 0 Å². The Balaban J connectivity index is 1.53. The molecule has 2 N–H and O–H groups in total. The molecule has 1 aliphatic rings. The molecule has 0 aromatic heterocycles. The maximum Gasteiger partial charge on any atom is 0.335 e. The van der Waals surface area contributed by atoms with Crippen LogP contribution in [0.15, 0.2) is 48.5 Å².